The molecule has 148 valence electrons. The van der Waals surface area contributed by atoms with Crippen molar-refractivity contribution >= 4 is 23.6 Å². The van der Waals surface area contributed by atoms with Gasteiger partial charge in [0.15, 0.2) is 18.1 Å². The Morgan fingerprint density at radius 2 is 1.64 bits per heavy atom. The van der Waals surface area contributed by atoms with Crippen LogP contribution in [-0.4, -0.2) is 38.7 Å². The Kier molecular flexibility index (Phi) is 6.97. The maximum absolute atomic E-state index is 12.1. The molecule has 0 bridgehead atoms. The third-order valence-corrected chi connectivity index (χ3v) is 3.84. The van der Waals surface area contributed by atoms with Crippen molar-refractivity contribution in [2.75, 3.05) is 26.1 Å². The van der Waals surface area contributed by atoms with E-state index in [0.717, 1.165) is 11.1 Å². The number of esters is 1. The van der Waals surface area contributed by atoms with Crippen LogP contribution < -0.4 is 20.1 Å². The third-order valence-electron chi connectivity index (χ3n) is 3.84. The lowest BCUT2D eigenvalue weighted by Crippen LogP contribution is -2.37. The fourth-order valence-electron chi connectivity index (χ4n) is 2.45. The second-order valence-electron chi connectivity index (χ2n) is 5.97. The molecule has 0 aromatic heterocycles. The predicted molar refractivity (Wildman–Crippen MR) is 103 cm³/mol. The number of methoxy groups -OCH3 is 2. The van der Waals surface area contributed by atoms with E-state index in [0.29, 0.717) is 17.2 Å². The lowest BCUT2D eigenvalue weighted by Gasteiger charge is -2.11. The van der Waals surface area contributed by atoms with Crippen LogP contribution in [0.2, 0.25) is 0 Å². The van der Waals surface area contributed by atoms with Gasteiger partial charge in [0, 0.05) is 5.69 Å². The van der Waals surface area contributed by atoms with Crippen LogP contribution in [0.25, 0.3) is 0 Å². The molecule has 0 aliphatic rings. The van der Waals surface area contributed by atoms with Crippen LogP contribution in [0.3, 0.4) is 0 Å². The van der Waals surface area contributed by atoms with E-state index in [2.05, 4.69) is 10.6 Å². The Balaban J connectivity index is 1.87. The molecule has 2 aromatic rings. The molecule has 0 spiro atoms. The van der Waals surface area contributed by atoms with Crippen LogP contribution in [-0.2, 0) is 9.53 Å². The largest absolute Gasteiger partial charge is 0.493 e. The van der Waals surface area contributed by atoms with E-state index in [4.69, 9.17) is 14.2 Å². The zero-order chi connectivity index (χ0) is 20.7. The first-order chi connectivity index (χ1) is 13.3. The van der Waals surface area contributed by atoms with Crippen molar-refractivity contribution in [3.63, 3.8) is 0 Å². The highest BCUT2D eigenvalue weighted by atomic mass is 16.5. The minimum absolute atomic E-state index is 0.185. The normalized spacial score (nSPS) is 10.0. The maximum Gasteiger partial charge on any atom is 0.338 e. The summed E-state index contributed by atoms with van der Waals surface area (Å²) in [7, 11) is 2.91. The van der Waals surface area contributed by atoms with Gasteiger partial charge in [-0.3, -0.25) is 10.1 Å². The molecule has 0 unspecified atom stereocenters. The summed E-state index contributed by atoms with van der Waals surface area (Å²) >= 11 is 0. The summed E-state index contributed by atoms with van der Waals surface area (Å²) in [5.41, 5.74) is 2.69. The van der Waals surface area contributed by atoms with Gasteiger partial charge in [0.1, 0.15) is 0 Å². The standard InChI is InChI=1S/C20H22N2O6/c1-12-5-7-15(13(2)9-12)21-20(25)22-18(23)11-28-19(24)14-6-8-16(26-3)17(10-14)27-4/h5-10H,11H2,1-4H3,(H2,21,22,23,25). The van der Waals surface area contributed by atoms with Crippen molar-refractivity contribution in [3.8, 4) is 11.5 Å². The smallest absolute Gasteiger partial charge is 0.338 e. The summed E-state index contributed by atoms with van der Waals surface area (Å²) in [5, 5.41) is 4.68. The molecule has 8 nitrogen and oxygen atoms in total. The van der Waals surface area contributed by atoms with Crippen molar-refractivity contribution in [2.24, 2.45) is 0 Å². The SMILES string of the molecule is COc1ccc(C(=O)OCC(=O)NC(=O)Nc2ccc(C)cc2C)cc1OC. The van der Waals surface area contributed by atoms with E-state index < -0.39 is 24.5 Å². The number of urea groups is 1. The highest BCUT2D eigenvalue weighted by Gasteiger charge is 2.15. The quantitative estimate of drug-likeness (QED) is 0.740. The van der Waals surface area contributed by atoms with Gasteiger partial charge in [-0.2, -0.15) is 0 Å². The molecule has 2 rings (SSSR count). The van der Waals surface area contributed by atoms with Crippen molar-refractivity contribution in [2.45, 2.75) is 13.8 Å². The fraction of sp³-hybridized carbons (Fsp3) is 0.250. The maximum atomic E-state index is 12.1. The fourth-order valence-corrected chi connectivity index (χ4v) is 2.45. The number of nitrogens with one attached hydrogen (secondary N) is 2. The van der Waals surface area contributed by atoms with Crippen LogP contribution >= 0.6 is 0 Å². The number of aryl methyl sites for hydroxylation is 2. The van der Waals surface area contributed by atoms with Crippen molar-refractivity contribution in [1.29, 1.82) is 0 Å². The zero-order valence-corrected chi connectivity index (χ0v) is 16.1. The van der Waals surface area contributed by atoms with Gasteiger partial charge in [-0.25, -0.2) is 9.59 Å². The first kappa shape index (κ1) is 20.8. The molecule has 2 aromatic carbocycles. The van der Waals surface area contributed by atoms with E-state index in [1.165, 1.54) is 26.4 Å². The number of ether oxygens (including phenoxy) is 3. The summed E-state index contributed by atoms with van der Waals surface area (Å²) in [4.78, 5) is 35.8. The average molecular weight is 386 g/mol. The number of hydrogen-bond acceptors (Lipinski definition) is 6. The third kappa shape index (κ3) is 5.47. The molecule has 0 fully saturated rings. The minimum Gasteiger partial charge on any atom is -0.493 e. The molecule has 0 atom stereocenters. The van der Waals surface area contributed by atoms with Crippen molar-refractivity contribution in [1.82, 2.24) is 5.32 Å². The van der Waals surface area contributed by atoms with Crippen LogP contribution in [0.1, 0.15) is 21.5 Å². The highest BCUT2D eigenvalue weighted by molar-refractivity contribution is 6.02. The number of anilines is 1. The average Bonchev–Trinajstić information content (AvgIpc) is 2.67. The van der Waals surface area contributed by atoms with Gasteiger partial charge in [0.25, 0.3) is 5.91 Å². The van der Waals surface area contributed by atoms with Gasteiger partial charge in [-0.05, 0) is 43.7 Å². The first-order valence-corrected chi connectivity index (χ1v) is 8.41. The molecular weight excluding hydrogens is 364 g/mol. The van der Waals surface area contributed by atoms with Gasteiger partial charge in [0.2, 0.25) is 0 Å². The van der Waals surface area contributed by atoms with Gasteiger partial charge in [0.05, 0.1) is 19.8 Å². The molecule has 28 heavy (non-hydrogen) atoms. The first-order valence-electron chi connectivity index (χ1n) is 8.41. The lowest BCUT2D eigenvalue weighted by molar-refractivity contribution is -0.123. The molecule has 0 radical (unpaired) electrons. The van der Waals surface area contributed by atoms with E-state index in [1.807, 2.05) is 26.0 Å². The van der Waals surface area contributed by atoms with Crippen LogP contribution in [0.15, 0.2) is 36.4 Å². The lowest BCUT2D eigenvalue weighted by atomic mass is 10.1. The summed E-state index contributed by atoms with van der Waals surface area (Å²) in [6, 6.07) is 9.25. The zero-order valence-electron chi connectivity index (χ0n) is 16.1. The molecule has 0 aliphatic carbocycles. The summed E-state index contributed by atoms with van der Waals surface area (Å²) < 4.78 is 15.1. The van der Waals surface area contributed by atoms with E-state index in [9.17, 15) is 14.4 Å². The Labute approximate surface area is 162 Å². The molecule has 2 N–H and O–H groups in total. The van der Waals surface area contributed by atoms with Crippen molar-refractivity contribution in [3.05, 3.63) is 53.1 Å². The van der Waals surface area contributed by atoms with E-state index in [-0.39, 0.29) is 5.56 Å². The van der Waals surface area contributed by atoms with Gasteiger partial charge < -0.3 is 19.5 Å². The summed E-state index contributed by atoms with van der Waals surface area (Å²) in [5.74, 6) is -0.670. The number of carbonyl (C=O) groups excluding carboxylic acids is 3. The topological polar surface area (TPSA) is 103 Å². The number of hydrogen-bond donors (Lipinski definition) is 2. The van der Waals surface area contributed by atoms with Crippen LogP contribution in [0.4, 0.5) is 10.5 Å². The monoisotopic (exact) mass is 386 g/mol. The number of rotatable bonds is 6. The number of imide groups is 1. The minimum atomic E-state index is -0.754. The second kappa shape index (κ2) is 9.40. The highest BCUT2D eigenvalue weighted by Crippen LogP contribution is 2.27. The number of carbonyl (C=O) groups is 3. The van der Waals surface area contributed by atoms with E-state index >= 15 is 0 Å². The molecule has 0 saturated carbocycles. The Bertz CT molecular complexity index is 894. The Morgan fingerprint density at radius 1 is 0.929 bits per heavy atom. The molecule has 3 amide bonds. The molecule has 0 heterocycles. The molecule has 0 aliphatic heterocycles. The predicted octanol–water partition coefficient (Wildman–Crippen LogP) is 2.83. The van der Waals surface area contributed by atoms with Gasteiger partial charge >= 0.3 is 12.0 Å². The number of benzene rings is 2. The molecule has 8 heteroatoms. The van der Waals surface area contributed by atoms with Gasteiger partial charge in [-0.1, -0.05) is 17.7 Å². The second-order valence-corrected chi connectivity index (χ2v) is 5.97. The Morgan fingerprint density at radius 3 is 2.29 bits per heavy atom. The van der Waals surface area contributed by atoms with Crippen LogP contribution in [0.5, 0.6) is 11.5 Å². The van der Waals surface area contributed by atoms with E-state index in [1.54, 1.807) is 12.1 Å². The summed E-state index contributed by atoms with van der Waals surface area (Å²) in [6.45, 7) is 3.18. The van der Waals surface area contributed by atoms with Gasteiger partial charge in [-0.15, -0.1) is 0 Å². The Hall–Kier alpha value is -3.55. The number of amides is 3. The summed E-state index contributed by atoms with van der Waals surface area (Å²) in [6.07, 6.45) is 0. The molecule has 0 saturated heterocycles. The van der Waals surface area contributed by atoms with Crippen molar-refractivity contribution < 1.29 is 28.6 Å². The van der Waals surface area contributed by atoms with Crippen LogP contribution in [0, 0.1) is 13.8 Å². The molecular formula is C20H22N2O6.